The smallest absolute Gasteiger partial charge is 0.116 e. The van der Waals surface area contributed by atoms with Crippen LogP contribution >= 0.6 is 0 Å². The van der Waals surface area contributed by atoms with Gasteiger partial charge in [-0.3, -0.25) is 25.0 Å². The summed E-state index contributed by atoms with van der Waals surface area (Å²) in [5.41, 5.74) is 9.28. The van der Waals surface area contributed by atoms with Crippen molar-refractivity contribution in [2.75, 3.05) is 13.1 Å². The number of hydrogen-bond donors (Lipinski definition) is 2. The van der Waals surface area contributed by atoms with E-state index in [2.05, 4.69) is 66.4 Å². The molecule has 0 aliphatic carbocycles. The van der Waals surface area contributed by atoms with Gasteiger partial charge < -0.3 is 4.98 Å². The van der Waals surface area contributed by atoms with Gasteiger partial charge in [-0.25, -0.2) is 0 Å². The van der Waals surface area contributed by atoms with Crippen molar-refractivity contribution in [2.45, 2.75) is 19.4 Å². The van der Waals surface area contributed by atoms with Crippen LogP contribution in [0.5, 0.6) is 0 Å². The number of H-pyrrole nitrogens is 2. The Kier molecular flexibility index (Phi) is 5.06. The van der Waals surface area contributed by atoms with Gasteiger partial charge in [0, 0.05) is 53.2 Å². The Morgan fingerprint density at radius 3 is 2.58 bits per heavy atom. The number of pyridine rings is 3. The molecule has 0 amide bonds. The highest BCUT2D eigenvalue weighted by molar-refractivity contribution is 6.01. The molecule has 7 heteroatoms. The van der Waals surface area contributed by atoms with Gasteiger partial charge in [0.2, 0.25) is 0 Å². The Bertz CT molecular complexity index is 1680. The number of likely N-dealkylation sites (tertiary alicyclic amines) is 1. The molecule has 1 aromatic carbocycles. The maximum absolute atomic E-state index is 4.71. The molecule has 0 unspecified atom stereocenters. The van der Waals surface area contributed by atoms with E-state index in [1.54, 1.807) is 0 Å². The van der Waals surface area contributed by atoms with E-state index in [1.165, 1.54) is 37.1 Å². The predicted molar refractivity (Wildman–Crippen MR) is 142 cm³/mol. The number of rotatable bonds is 5. The van der Waals surface area contributed by atoms with Crippen LogP contribution in [0.25, 0.3) is 55.6 Å². The van der Waals surface area contributed by atoms with Crippen LogP contribution in [0.4, 0.5) is 0 Å². The first-order valence-electron chi connectivity index (χ1n) is 12.4. The van der Waals surface area contributed by atoms with Crippen molar-refractivity contribution < 1.29 is 0 Å². The lowest BCUT2D eigenvalue weighted by Gasteiger charge is -2.14. The van der Waals surface area contributed by atoms with Crippen molar-refractivity contribution in [1.82, 2.24) is 35.0 Å². The van der Waals surface area contributed by atoms with Gasteiger partial charge >= 0.3 is 0 Å². The first-order valence-corrected chi connectivity index (χ1v) is 12.4. The maximum Gasteiger partial charge on any atom is 0.116 e. The lowest BCUT2D eigenvalue weighted by atomic mass is 10.0. The van der Waals surface area contributed by atoms with Crippen LogP contribution in [0.3, 0.4) is 0 Å². The number of aromatic amines is 2. The fraction of sp³-hybridized carbons (Fsp3) is 0.172. The lowest BCUT2D eigenvalue weighted by Crippen LogP contribution is -2.18. The molecule has 1 aliphatic heterocycles. The van der Waals surface area contributed by atoms with Crippen LogP contribution in [-0.2, 0) is 6.54 Å². The number of fused-ring (bicyclic) bond motifs is 2. The summed E-state index contributed by atoms with van der Waals surface area (Å²) in [7, 11) is 0. The zero-order valence-electron chi connectivity index (χ0n) is 19.8. The van der Waals surface area contributed by atoms with Crippen LogP contribution in [0.1, 0.15) is 18.4 Å². The van der Waals surface area contributed by atoms with Crippen LogP contribution in [0, 0.1) is 0 Å². The van der Waals surface area contributed by atoms with E-state index >= 15 is 0 Å². The topological polar surface area (TPSA) is 86.4 Å². The van der Waals surface area contributed by atoms with E-state index in [0.717, 1.165) is 56.6 Å². The van der Waals surface area contributed by atoms with Gasteiger partial charge in [-0.15, -0.1) is 0 Å². The summed E-state index contributed by atoms with van der Waals surface area (Å²) in [5, 5.41) is 9.99. The van der Waals surface area contributed by atoms with Gasteiger partial charge in [0.25, 0.3) is 0 Å². The van der Waals surface area contributed by atoms with Crippen molar-refractivity contribution in [3.8, 4) is 33.8 Å². The number of benzene rings is 1. The Morgan fingerprint density at radius 2 is 1.69 bits per heavy atom. The molecular weight excluding hydrogens is 446 g/mol. The van der Waals surface area contributed by atoms with Gasteiger partial charge in [0.1, 0.15) is 5.69 Å². The first-order chi connectivity index (χ1) is 17.8. The fourth-order valence-corrected chi connectivity index (χ4v) is 5.26. The summed E-state index contributed by atoms with van der Waals surface area (Å²) >= 11 is 0. The van der Waals surface area contributed by atoms with Crippen molar-refractivity contribution in [2.24, 2.45) is 0 Å². The summed E-state index contributed by atoms with van der Waals surface area (Å²) in [4.78, 5) is 19.5. The van der Waals surface area contributed by atoms with Gasteiger partial charge in [-0.05, 0) is 79.0 Å². The monoisotopic (exact) mass is 471 g/mol. The first kappa shape index (κ1) is 21.0. The van der Waals surface area contributed by atoms with Crippen LogP contribution in [0.15, 0.2) is 79.5 Å². The highest BCUT2D eigenvalue weighted by atomic mass is 15.1. The van der Waals surface area contributed by atoms with Gasteiger partial charge in [0.15, 0.2) is 0 Å². The van der Waals surface area contributed by atoms with E-state index in [-0.39, 0.29) is 0 Å². The molecule has 0 spiro atoms. The molecule has 0 saturated carbocycles. The van der Waals surface area contributed by atoms with E-state index in [0.29, 0.717) is 0 Å². The molecule has 0 bridgehead atoms. The third-order valence-electron chi connectivity index (χ3n) is 7.05. The third-order valence-corrected chi connectivity index (χ3v) is 7.05. The van der Waals surface area contributed by atoms with Crippen LogP contribution < -0.4 is 0 Å². The maximum atomic E-state index is 4.71. The van der Waals surface area contributed by atoms with E-state index in [1.807, 2.05) is 43.1 Å². The van der Waals surface area contributed by atoms with Crippen molar-refractivity contribution in [3.63, 3.8) is 0 Å². The summed E-state index contributed by atoms with van der Waals surface area (Å²) in [6, 6.07) is 16.9. The Balaban J connectivity index is 1.28. The van der Waals surface area contributed by atoms with Gasteiger partial charge in [-0.1, -0.05) is 12.1 Å². The molecule has 7 rings (SSSR count). The second-order valence-corrected chi connectivity index (χ2v) is 9.44. The molecule has 36 heavy (non-hydrogen) atoms. The average molecular weight is 472 g/mol. The normalized spacial score (nSPS) is 14.2. The fourth-order valence-electron chi connectivity index (χ4n) is 5.26. The molecule has 7 nitrogen and oxygen atoms in total. The molecule has 6 aromatic rings. The summed E-state index contributed by atoms with van der Waals surface area (Å²) in [6.45, 7) is 3.27. The standard InChI is InChI=1S/C29H25N7/c1-2-11-36(10-1)18-19-12-21(16-31-15-19)26-14-24-28(17-32-26)34-35-29(24)27-13-23-22(4-3-5-25(23)33-27)20-6-8-30-9-7-20/h3-9,12-17,33H,1-2,10-11,18H2,(H,34,35). The molecule has 6 heterocycles. The molecule has 1 saturated heterocycles. The Morgan fingerprint density at radius 1 is 0.806 bits per heavy atom. The minimum atomic E-state index is 0.881. The molecule has 0 atom stereocenters. The number of nitrogens with zero attached hydrogens (tertiary/aromatic N) is 5. The lowest BCUT2D eigenvalue weighted by molar-refractivity contribution is 0.331. The molecule has 176 valence electrons. The predicted octanol–water partition coefficient (Wildman–Crippen LogP) is 5.83. The number of nitrogens with one attached hydrogen (secondary N) is 2. The molecule has 0 radical (unpaired) electrons. The molecule has 5 aromatic heterocycles. The molecule has 2 N–H and O–H groups in total. The Hall–Kier alpha value is -4.36. The van der Waals surface area contributed by atoms with Crippen molar-refractivity contribution >= 4 is 21.8 Å². The molecular formula is C29H25N7. The summed E-state index contributed by atoms with van der Waals surface area (Å²) in [6.07, 6.45) is 11.9. The largest absolute Gasteiger partial charge is 0.353 e. The summed E-state index contributed by atoms with van der Waals surface area (Å²) in [5.74, 6) is 0. The quantitative estimate of drug-likeness (QED) is 0.331. The van der Waals surface area contributed by atoms with E-state index in [4.69, 9.17) is 4.98 Å². The minimum absolute atomic E-state index is 0.881. The SMILES string of the molecule is c1cc(-c2ccncc2)c2cc(-c3n[nH]c4cnc(-c5cncc(CN6CCCC6)c5)cc34)[nH]c2c1. The third kappa shape index (κ3) is 3.74. The van der Waals surface area contributed by atoms with E-state index in [9.17, 15) is 0 Å². The van der Waals surface area contributed by atoms with Gasteiger partial charge in [0.05, 0.1) is 23.1 Å². The molecule has 1 aliphatic rings. The average Bonchev–Trinajstić information content (AvgIpc) is 3.68. The van der Waals surface area contributed by atoms with Gasteiger partial charge in [-0.2, -0.15) is 5.10 Å². The second kappa shape index (κ2) is 8.70. The zero-order valence-corrected chi connectivity index (χ0v) is 19.8. The molecule has 1 fully saturated rings. The van der Waals surface area contributed by atoms with Crippen LogP contribution in [-0.4, -0.2) is 48.1 Å². The minimum Gasteiger partial charge on any atom is -0.353 e. The highest BCUT2D eigenvalue weighted by Crippen LogP contribution is 2.34. The second-order valence-electron chi connectivity index (χ2n) is 9.44. The number of aromatic nitrogens is 6. The highest BCUT2D eigenvalue weighted by Gasteiger charge is 2.16. The van der Waals surface area contributed by atoms with Crippen molar-refractivity contribution in [1.29, 1.82) is 0 Å². The number of hydrogen-bond acceptors (Lipinski definition) is 5. The zero-order chi connectivity index (χ0) is 23.9. The Labute approximate surface area is 208 Å². The summed E-state index contributed by atoms with van der Waals surface area (Å²) < 4.78 is 0. The van der Waals surface area contributed by atoms with E-state index < -0.39 is 0 Å². The van der Waals surface area contributed by atoms with Crippen LogP contribution in [0.2, 0.25) is 0 Å². The van der Waals surface area contributed by atoms with Crippen molar-refractivity contribution in [3.05, 3.63) is 85.1 Å².